The van der Waals surface area contributed by atoms with Gasteiger partial charge in [0.25, 0.3) is 0 Å². The Balaban J connectivity index is 1.93. The monoisotopic (exact) mass is 298 g/mol. The fourth-order valence-corrected chi connectivity index (χ4v) is 3.11. The van der Waals surface area contributed by atoms with E-state index in [1.165, 1.54) is 18.1 Å². The molecule has 1 saturated carbocycles. The predicted octanol–water partition coefficient (Wildman–Crippen LogP) is 3.39. The highest BCUT2D eigenvalue weighted by molar-refractivity contribution is 5.90. The molecule has 1 fully saturated rings. The van der Waals surface area contributed by atoms with Crippen molar-refractivity contribution in [2.24, 2.45) is 5.73 Å². The Hall–Kier alpha value is -2.07. The van der Waals surface area contributed by atoms with E-state index in [0.29, 0.717) is 6.61 Å². The zero-order chi connectivity index (χ0) is 15.7. The Bertz CT molecular complexity index is 739. The molecule has 2 aromatic rings. The number of rotatable bonds is 4. The van der Waals surface area contributed by atoms with Crippen LogP contribution in [0.3, 0.4) is 0 Å². The number of aromatic nitrogens is 1. The molecule has 0 atom stereocenters. The number of aromatic amines is 1. The van der Waals surface area contributed by atoms with Crippen LogP contribution in [0.2, 0.25) is 0 Å². The second kappa shape index (κ2) is 5.61. The van der Waals surface area contributed by atoms with E-state index < -0.39 is 0 Å². The molecular formula is C18H22N2O2. The van der Waals surface area contributed by atoms with Crippen LogP contribution in [0.1, 0.15) is 43.0 Å². The van der Waals surface area contributed by atoms with Crippen molar-refractivity contribution in [3.8, 4) is 0 Å². The first kappa shape index (κ1) is 14.9. The fourth-order valence-electron chi connectivity index (χ4n) is 3.11. The average Bonchev–Trinajstić information content (AvgIpc) is 2.80. The van der Waals surface area contributed by atoms with Crippen molar-refractivity contribution in [3.63, 3.8) is 0 Å². The SMILES string of the molecule is CCOC(=O)C=Cc1ccc2[nH]c(C3(N)CCC3)c(C)c2c1. The second-order valence-corrected chi connectivity index (χ2v) is 6.03. The third-order valence-corrected chi connectivity index (χ3v) is 4.52. The highest BCUT2D eigenvalue weighted by Gasteiger charge is 2.37. The second-order valence-electron chi connectivity index (χ2n) is 6.03. The number of hydrogen-bond acceptors (Lipinski definition) is 3. The summed E-state index contributed by atoms with van der Waals surface area (Å²) in [6.07, 6.45) is 6.51. The van der Waals surface area contributed by atoms with E-state index in [0.717, 1.165) is 35.0 Å². The average molecular weight is 298 g/mol. The Morgan fingerprint density at radius 2 is 2.23 bits per heavy atom. The maximum absolute atomic E-state index is 11.4. The van der Waals surface area contributed by atoms with Gasteiger partial charge < -0.3 is 15.5 Å². The van der Waals surface area contributed by atoms with Crippen LogP contribution in [0.15, 0.2) is 24.3 Å². The van der Waals surface area contributed by atoms with E-state index in [9.17, 15) is 4.79 Å². The summed E-state index contributed by atoms with van der Waals surface area (Å²) in [4.78, 5) is 14.9. The minimum Gasteiger partial charge on any atom is -0.463 e. The number of benzene rings is 1. The first-order valence-corrected chi connectivity index (χ1v) is 7.80. The van der Waals surface area contributed by atoms with Crippen LogP contribution < -0.4 is 5.73 Å². The lowest BCUT2D eigenvalue weighted by Crippen LogP contribution is -2.44. The van der Waals surface area contributed by atoms with Gasteiger partial charge in [-0.25, -0.2) is 4.79 Å². The summed E-state index contributed by atoms with van der Waals surface area (Å²) in [5.41, 5.74) is 10.7. The lowest BCUT2D eigenvalue weighted by Gasteiger charge is -2.38. The van der Waals surface area contributed by atoms with Gasteiger partial charge in [0.05, 0.1) is 12.1 Å². The maximum Gasteiger partial charge on any atom is 0.330 e. The number of nitrogens with two attached hydrogens (primary N) is 1. The molecule has 1 aliphatic carbocycles. The lowest BCUT2D eigenvalue weighted by molar-refractivity contribution is -0.137. The molecule has 22 heavy (non-hydrogen) atoms. The lowest BCUT2D eigenvalue weighted by atomic mass is 9.74. The number of ether oxygens (including phenoxy) is 1. The number of nitrogens with one attached hydrogen (secondary N) is 1. The fraction of sp³-hybridized carbons (Fsp3) is 0.389. The topological polar surface area (TPSA) is 68.1 Å². The van der Waals surface area contributed by atoms with Crippen molar-refractivity contribution >= 4 is 22.9 Å². The van der Waals surface area contributed by atoms with Crippen LogP contribution in [0, 0.1) is 6.92 Å². The van der Waals surface area contributed by atoms with E-state index in [1.807, 2.05) is 12.1 Å². The summed E-state index contributed by atoms with van der Waals surface area (Å²) in [5.74, 6) is -0.315. The molecule has 3 N–H and O–H groups in total. The van der Waals surface area contributed by atoms with Gasteiger partial charge in [-0.15, -0.1) is 0 Å². The highest BCUT2D eigenvalue weighted by atomic mass is 16.5. The Morgan fingerprint density at radius 1 is 1.45 bits per heavy atom. The van der Waals surface area contributed by atoms with Crippen molar-refractivity contribution < 1.29 is 9.53 Å². The summed E-state index contributed by atoms with van der Waals surface area (Å²) in [7, 11) is 0. The summed E-state index contributed by atoms with van der Waals surface area (Å²) >= 11 is 0. The summed E-state index contributed by atoms with van der Waals surface area (Å²) < 4.78 is 4.90. The van der Waals surface area contributed by atoms with Gasteiger partial charge in [-0.3, -0.25) is 0 Å². The Labute approximate surface area is 130 Å². The van der Waals surface area contributed by atoms with Gasteiger partial charge in [-0.2, -0.15) is 0 Å². The molecule has 0 saturated heterocycles. The minimum atomic E-state index is -0.315. The van der Waals surface area contributed by atoms with Crippen LogP contribution >= 0.6 is 0 Å². The minimum absolute atomic E-state index is 0.190. The van der Waals surface area contributed by atoms with E-state index in [1.54, 1.807) is 13.0 Å². The Kier molecular flexibility index (Phi) is 3.79. The predicted molar refractivity (Wildman–Crippen MR) is 88.4 cm³/mol. The van der Waals surface area contributed by atoms with Crippen molar-refractivity contribution in [2.75, 3.05) is 6.61 Å². The van der Waals surface area contributed by atoms with E-state index in [2.05, 4.69) is 18.0 Å². The molecule has 1 heterocycles. The number of aryl methyl sites for hydroxylation is 1. The van der Waals surface area contributed by atoms with Gasteiger partial charge >= 0.3 is 5.97 Å². The van der Waals surface area contributed by atoms with Crippen LogP contribution in [-0.2, 0) is 15.1 Å². The normalized spacial score (nSPS) is 16.9. The Morgan fingerprint density at radius 3 is 2.86 bits per heavy atom. The van der Waals surface area contributed by atoms with Crippen LogP contribution in [0.25, 0.3) is 17.0 Å². The van der Waals surface area contributed by atoms with Crippen molar-refractivity contribution in [1.29, 1.82) is 0 Å². The van der Waals surface area contributed by atoms with E-state index in [-0.39, 0.29) is 11.5 Å². The third-order valence-electron chi connectivity index (χ3n) is 4.52. The van der Waals surface area contributed by atoms with Crippen LogP contribution in [-0.4, -0.2) is 17.6 Å². The van der Waals surface area contributed by atoms with Crippen molar-refractivity contribution in [3.05, 3.63) is 41.1 Å². The first-order chi connectivity index (χ1) is 10.5. The molecule has 1 aromatic heterocycles. The molecule has 4 heteroatoms. The molecular weight excluding hydrogens is 276 g/mol. The summed E-state index contributed by atoms with van der Waals surface area (Å²) in [6, 6.07) is 6.11. The third kappa shape index (κ3) is 2.55. The summed E-state index contributed by atoms with van der Waals surface area (Å²) in [5, 5.41) is 1.16. The number of hydrogen-bond donors (Lipinski definition) is 2. The van der Waals surface area contributed by atoms with Crippen molar-refractivity contribution in [1.82, 2.24) is 4.98 Å². The molecule has 0 bridgehead atoms. The molecule has 0 unspecified atom stereocenters. The highest BCUT2D eigenvalue weighted by Crippen LogP contribution is 2.41. The molecule has 1 aliphatic rings. The molecule has 0 spiro atoms. The molecule has 0 aliphatic heterocycles. The molecule has 0 radical (unpaired) electrons. The molecule has 3 rings (SSSR count). The smallest absolute Gasteiger partial charge is 0.330 e. The number of fused-ring (bicyclic) bond motifs is 1. The number of esters is 1. The largest absolute Gasteiger partial charge is 0.463 e. The van der Waals surface area contributed by atoms with Crippen LogP contribution in [0.5, 0.6) is 0 Å². The van der Waals surface area contributed by atoms with E-state index in [4.69, 9.17) is 10.5 Å². The van der Waals surface area contributed by atoms with Gasteiger partial charge in [-0.05, 0) is 62.4 Å². The first-order valence-electron chi connectivity index (χ1n) is 7.80. The van der Waals surface area contributed by atoms with Gasteiger partial charge in [-0.1, -0.05) is 6.07 Å². The van der Waals surface area contributed by atoms with Gasteiger partial charge in [0.1, 0.15) is 0 Å². The van der Waals surface area contributed by atoms with Gasteiger partial charge in [0, 0.05) is 22.7 Å². The summed E-state index contributed by atoms with van der Waals surface area (Å²) in [6.45, 7) is 4.30. The van der Waals surface area contributed by atoms with Crippen LogP contribution in [0.4, 0.5) is 0 Å². The molecule has 4 nitrogen and oxygen atoms in total. The molecule has 1 aromatic carbocycles. The molecule has 0 amide bonds. The number of carbonyl (C=O) groups is 1. The van der Waals surface area contributed by atoms with E-state index >= 15 is 0 Å². The van der Waals surface area contributed by atoms with Gasteiger partial charge in [0.15, 0.2) is 0 Å². The zero-order valence-electron chi connectivity index (χ0n) is 13.1. The van der Waals surface area contributed by atoms with Gasteiger partial charge in [0.2, 0.25) is 0 Å². The zero-order valence-corrected chi connectivity index (χ0v) is 13.1. The van der Waals surface area contributed by atoms with Crippen molar-refractivity contribution in [2.45, 2.75) is 38.6 Å². The molecule has 116 valence electrons. The maximum atomic E-state index is 11.4. The standard InChI is InChI=1S/C18H22N2O2/c1-3-22-16(21)8-6-13-5-7-15-14(11-13)12(2)17(20-15)18(19)9-4-10-18/h5-8,11,20H,3-4,9-10,19H2,1-2H3. The number of H-pyrrole nitrogens is 1. The quantitative estimate of drug-likeness (QED) is 0.671. The number of carbonyl (C=O) groups excluding carboxylic acids is 1.